The number of hydrogen-bond donors (Lipinski definition) is 0. The lowest BCUT2D eigenvalue weighted by Gasteiger charge is -2.06. The minimum atomic E-state index is 0.565. The molecular weight excluding hydrogens is 265 g/mol. The Bertz CT molecular complexity index is 341. The fraction of sp³-hybridized carbons (Fsp3) is 0.300. The number of hydrogen-bond acceptors (Lipinski definition) is 2. The lowest BCUT2D eigenvalue weighted by atomic mass is 10.3. The SMILES string of the molecule is C=C(C)CCOc1ncc(Cl)cc1Br. The zero-order valence-corrected chi connectivity index (χ0v) is 10.2. The Balaban J connectivity index is 2.55. The van der Waals surface area contributed by atoms with E-state index in [0.717, 1.165) is 16.5 Å². The Kier molecular flexibility index (Phi) is 4.42. The van der Waals surface area contributed by atoms with E-state index in [2.05, 4.69) is 27.5 Å². The number of halogens is 2. The topological polar surface area (TPSA) is 22.1 Å². The fourth-order valence-corrected chi connectivity index (χ4v) is 1.58. The number of pyridine rings is 1. The minimum absolute atomic E-state index is 0.565. The summed E-state index contributed by atoms with van der Waals surface area (Å²) in [6, 6.07) is 1.75. The van der Waals surface area contributed by atoms with Crippen LogP contribution in [0.5, 0.6) is 5.88 Å². The van der Waals surface area contributed by atoms with Gasteiger partial charge in [0.15, 0.2) is 0 Å². The van der Waals surface area contributed by atoms with Crippen LogP contribution >= 0.6 is 27.5 Å². The lowest BCUT2D eigenvalue weighted by Crippen LogP contribution is -1.99. The molecule has 0 saturated carbocycles. The first-order chi connectivity index (χ1) is 6.59. The highest BCUT2D eigenvalue weighted by atomic mass is 79.9. The molecule has 0 aliphatic carbocycles. The Morgan fingerprint density at radius 1 is 1.71 bits per heavy atom. The Hall–Kier alpha value is -0.540. The van der Waals surface area contributed by atoms with Crippen molar-refractivity contribution in [2.75, 3.05) is 6.61 Å². The monoisotopic (exact) mass is 275 g/mol. The van der Waals surface area contributed by atoms with Crippen LogP contribution in [-0.4, -0.2) is 11.6 Å². The maximum Gasteiger partial charge on any atom is 0.228 e. The second-order valence-electron chi connectivity index (χ2n) is 3.00. The molecule has 0 N–H and O–H groups in total. The van der Waals surface area contributed by atoms with Gasteiger partial charge in [0.05, 0.1) is 16.1 Å². The summed E-state index contributed by atoms with van der Waals surface area (Å²) in [6.45, 7) is 6.34. The molecule has 0 spiro atoms. The van der Waals surface area contributed by atoms with Crippen molar-refractivity contribution in [3.63, 3.8) is 0 Å². The molecule has 1 aromatic heterocycles. The summed E-state index contributed by atoms with van der Waals surface area (Å²) in [7, 11) is 0. The third kappa shape index (κ3) is 3.68. The molecule has 0 unspecified atom stereocenters. The molecule has 76 valence electrons. The van der Waals surface area contributed by atoms with Gasteiger partial charge in [-0.1, -0.05) is 17.2 Å². The molecule has 0 atom stereocenters. The van der Waals surface area contributed by atoms with Crippen LogP contribution in [0.1, 0.15) is 13.3 Å². The molecule has 2 nitrogen and oxygen atoms in total. The summed E-state index contributed by atoms with van der Waals surface area (Å²) < 4.78 is 6.20. The highest BCUT2D eigenvalue weighted by Crippen LogP contribution is 2.25. The van der Waals surface area contributed by atoms with E-state index in [0.29, 0.717) is 17.5 Å². The molecule has 0 bridgehead atoms. The van der Waals surface area contributed by atoms with E-state index in [-0.39, 0.29) is 0 Å². The van der Waals surface area contributed by atoms with Crippen molar-refractivity contribution in [2.45, 2.75) is 13.3 Å². The number of ether oxygens (including phenoxy) is 1. The summed E-state index contributed by atoms with van der Waals surface area (Å²) in [5.74, 6) is 0.565. The maximum absolute atomic E-state index is 5.74. The molecule has 4 heteroatoms. The first-order valence-electron chi connectivity index (χ1n) is 4.18. The van der Waals surface area contributed by atoms with Crippen LogP contribution in [0.15, 0.2) is 28.9 Å². The van der Waals surface area contributed by atoms with Crippen LogP contribution in [0.2, 0.25) is 5.02 Å². The lowest BCUT2D eigenvalue weighted by molar-refractivity contribution is 0.307. The van der Waals surface area contributed by atoms with Gasteiger partial charge in [0.1, 0.15) is 0 Å². The quantitative estimate of drug-likeness (QED) is 0.780. The van der Waals surface area contributed by atoms with Gasteiger partial charge in [-0.2, -0.15) is 0 Å². The Labute approximate surface area is 97.1 Å². The van der Waals surface area contributed by atoms with Gasteiger partial charge >= 0.3 is 0 Å². The largest absolute Gasteiger partial charge is 0.477 e. The third-order valence-electron chi connectivity index (χ3n) is 1.54. The van der Waals surface area contributed by atoms with E-state index < -0.39 is 0 Å². The minimum Gasteiger partial charge on any atom is -0.477 e. The number of nitrogens with zero attached hydrogens (tertiary/aromatic N) is 1. The second-order valence-corrected chi connectivity index (χ2v) is 4.29. The second kappa shape index (κ2) is 5.37. The molecule has 0 aromatic carbocycles. The highest BCUT2D eigenvalue weighted by molar-refractivity contribution is 9.10. The van der Waals surface area contributed by atoms with Crippen molar-refractivity contribution < 1.29 is 4.74 Å². The normalized spacial score (nSPS) is 9.93. The summed E-state index contributed by atoms with van der Waals surface area (Å²) in [5.41, 5.74) is 1.09. The summed E-state index contributed by atoms with van der Waals surface area (Å²) in [4.78, 5) is 4.04. The van der Waals surface area contributed by atoms with Crippen molar-refractivity contribution in [2.24, 2.45) is 0 Å². The first kappa shape index (κ1) is 11.5. The van der Waals surface area contributed by atoms with Gasteiger partial charge < -0.3 is 4.74 Å². The predicted octanol–water partition coefficient (Wildman–Crippen LogP) is 3.84. The summed E-state index contributed by atoms with van der Waals surface area (Å²) in [5, 5.41) is 0.587. The molecule has 0 fully saturated rings. The van der Waals surface area contributed by atoms with Gasteiger partial charge in [-0.05, 0) is 28.9 Å². The number of rotatable bonds is 4. The van der Waals surface area contributed by atoms with Crippen LogP contribution in [0.25, 0.3) is 0 Å². The highest BCUT2D eigenvalue weighted by Gasteiger charge is 2.02. The first-order valence-corrected chi connectivity index (χ1v) is 5.35. The molecule has 14 heavy (non-hydrogen) atoms. The molecule has 0 aliphatic heterocycles. The van der Waals surface area contributed by atoms with Crippen molar-refractivity contribution in [1.29, 1.82) is 0 Å². The van der Waals surface area contributed by atoms with Crippen molar-refractivity contribution in [3.8, 4) is 5.88 Å². The van der Waals surface area contributed by atoms with Crippen LogP contribution < -0.4 is 4.74 Å². The summed E-state index contributed by atoms with van der Waals surface area (Å²) >= 11 is 9.06. The standard InChI is InChI=1S/C10H11BrClNO/c1-7(2)3-4-14-10-9(11)5-8(12)6-13-10/h5-6H,1,3-4H2,2H3. The van der Waals surface area contributed by atoms with Crippen molar-refractivity contribution in [3.05, 3.63) is 33.9 Å². The molecule has 1 aromatic rings. The van der Waals surface area contributed by atoms with Gasteiger partial charge in [-0.15, -0.1) is 6.58 Å². The predicted molar refractivity (Wildman–Crippen MR) is 61.9 cm³/mol. The molecule has 1 heterocycles. The molecule has 0 saturated heterocycles. The van der Waals surface area contributed by atoms with Gasteiger partial charge in [0, 0.05) is 12.6 Å². The molecule has 1 rings (SSSR count). The fourth-order valence-electron chi connectivity index (χ4n) is 0.830. The average molecular weight is 277 g/mol. The van der Waals surface area contributed by atoms with E-state index in [1.807, 2.05) is 6.92 Å². The Morgan fingerprint density at radius 3 is 3.00 bits per heavy atom. The van der Waals surface area contributed by atoms with Crippen LogP contribution in [0.4, 0.5) is 0 Å². The molecule has 0 radical (unpaired) electrons. The van der Waals surface area contributed by atoms with E-state index in [1.54, 1.807) is 12.3 Å². The van der Waals surface area contributed by atoms with Crippen LogP contribution in [0.3, 0.4) is 0 Å². The third-order valence-corrected chi connectivity index (χ3v) is 2.32. The van der Waals surface area contributed by atoms with E-state index in [9.17, 15) is 0 Å². The zero-order chi connectivity index (χ0) is 10.6. The van der Waals surface area contributed by atoms with E-state index >= 15 is 0 Å². The summed E-state index contributed by atoms with van der Waals surface area (Å²) in [6.07, 6.45) is 2.39. The van der Waals surface area contributed by atoms with Crippen molar-refractivity contribution in [1.82, 2.24) is 4.98 Å². The molecule has 0 aliphatic rings. The van der Waals surface area contributed by atoms with Crippen molar-refractivity contribution >= 4 is 27.5 Å². The smallest absolute Gasteiger partial charge is 0.228 e. The Morgan fingerprint density at radius 2 is 2.43 bits per heavy atom. The van der Waals surface area contributed by atoms with Crippen LogP contribution in [0, 0.1) is 0 Å². The zero-order valence-electron chi connectivity index (χ0n) is 7.89. The number of aromatic nitrogens is 1. The molecule has 0 amide bonds. The van der Waals surface area contributed by atoms with Gasteiger partial charge in [0.25, 0.3) is 0 Å². The van der Waals surface area contributed by atoms with Gasteiger partial charge in [0.2, 0.25) is 5.88 Å². The van der Waals surface area contributed by atoms with Gasteiger partial charge in [-0.3, -0.25) is 0 Å². The average Bonchev–Trinajstić information content (AvgIpc) is 2.08. The maximum atomic E-state index is 5.74. The van der Waals surface area contributed by atoms with Gasteiger partial charge in [-0.25, -0.2) is 4.98 Å². The van der Waals surface area contributed by atoms with E-state index in [1.165, 1.54) is 0 Å². The molecular formula is C10H11BrClNO. The van der Waals surface area contributed by atoms with E-state index in [4.69, 9.17) is 16.3 Å². The van der Waals surface area contributed by atoms with Crippen LogP contribution in [-0.2, 0) is 0 Å².